The molecule has 2 nitrogen and oxygen atoms in total. The maximum Gasteiger partial charge on any atom is 0.106 e. The Kier molecular flexibility index (Phi) is 5.06. The lowest BCUT2D eigenvalue weighted by Gasteiger charge is -2.19. The number of furan rings is 1. The molecule has 2 aromatic rings. The predicted molar refractivity (Wildman–Crippen MR) is 87.2 cm³/mol. The first kappa shape index (κ1) is 15.3. The van der Waals surface area contributed by atoms with E-state index in [9.17, 15) is 0 Å². The lowest BCUT2D eigenvalue weighted by Crippen LogP contribution is -2.23. The highest BCUT2D eigenvalue weighted by molar-refractivity contribution is 9.10. The number of nitrogens with one attached hydrogen (secondary N) is 1. The van der Waals surface area contributed by atoms with E-state index in [1.54, 1.807) is 0 Å². The second-order valence-corrected chi connectivity index (χ2v) is 6.12. The van der Waals surface area contributed by atoms with Crippen molar-refractivity contribution in [3.8, 4) is 0 Å². The summed E-state index contributed by atoms with van der Waals surface area (Å²) in [5.41, 5.74) is 3.75. The summed E-state index contributed by atoms with van der Waals surface area (Å²) >= 11 is 3.63. The zero-order valence-electron chi connectivity index (χ0n) is 12.6. The third-order valence-corrected chi connectivity index (χ3v) is 4.37. The van der Waals surface area contributed by atoms with E-state index < -0.39 is 0 Å². The summed E-state index contributed by atoms with van der Waals surface area (Å²) in [5.74, 6) is 1.96. The van der Waals surface area contributed by atoms with Crippen molar-refractivity contribution in [1.82, 2.24) is 5.32 Å². The summed E-state index contributed by atoms with van der Waals surface area (Å²) in [7, 11) is 0. The largest absolute Gasteiger partial charge is 0.466 e. The van der Waals surface area contributed by atoms with E-state index in [1.165, 1.54) is 16.7 Å². The summed E-state index contributed by atoms with van der Waals surface area (Å²) < 4.78 is 6.85. The van der Waals surface area contributed by atoms with E-state index in [2.05, 4.69) is 59.4 Å². The third kappa shape index (κ3) is 3.33. The van der Waals surface area contributed by atoms with Crippen LogP contribution in [-0.4, -0.2) is 6.54 Å². The number of halogens is 1. The normalized spacial score (nSPS) is 12.7. The quantitative estimate of drug-likeness (QED) is 0.826. The van der Waals surface area contributed by atoms with Crippen LogP contribution < -0.4 is 5.32 Å². The Balaban J connectivity index is 2.41. The minimum Gasteiger partial charge on any atom is -0.466 e. The van der Waals surface area contributed by atoms with Gasteiger partial charge in [-0.15, -0.1) is 0 Å². The SMILES string of the molecule is CCCNC(c1ccc(C)c(Br)c1)c1cc(C)oc1C. The van der Waals surface area contributed by atoms with Gasteiger partial charge in [0.2, 0.25) is 0 Å². The highest BCUT2D eigenvalue weighted by Crippen LogP contribution is 2.30. The first-order valence-electron chi connectivity index (χ1n) is 7.09. The molecule has 0 amide bonds. The molecule has 1 N–H and O–H groups in total. The molecule has 0 radical (unpaired) electrons. The van der Waals surface area contributed by atoms with E-state index in [0.29, 0.717) is 0 Å². The van der Waals surface area contributed by atoms with Gasteiger partial charge < -0.3 is 9.73 Å². The van der Waals surface area contributed by atoms with Crippen molar-refractivity contribution in [2.45, 2.75) is 40.2 Å². The van der Waals surface area contributed by atoms with Gasteiger partial charge >= 0.3 is 0 Å². The molecule has 1 aromatic carbocycles. The standard InChI is InChI=1S/C17H22BrNO/c1-5-8-19-17(15-9-12(3)20-13(15)4)14-7-6-11(2)16(18)10-14/h6-7,9-10,17,19H,5,8H2,1-4H3. The molecule has 0 aliphatic heterocycles. The van der Waals surface area contributed by atoms with Crippen LogP contribution >= 0.6 is 15.9 Å². The van der Waals surface area contributed by atoms with Crippen molar-refractivity contribution in [2.24, 2.45) is 0 Å². The van der Waals surface area contributed by atoms with Gasteiger partial charge in [-0.05, 0) is 57.0 Å². The Bertz CT molecular complexity index is 589. The van der Waals surface area contributed by atoms with Crippen molar-refractivity contribution < 1.29 is 4.42 Å². The molecule has 108 valence electrons. The molecule has 1 heterocycles. The second-order valence-electron chi connectivity index (χ2n) is 5.26. The minimum atomic E-state index is 0.185. The van der Waals surface area contributed by atoms with Gasteiger partial charge in [-0.25, -0.2) is 0 Å². The third-order valence-electron chi connectivity index (χ3n) is 3.52. The lowest BCUT2D eigenvalue weighted by molar-refractivity contribution is 0.493. The van der Waals surface area contributed by atoms with Crippen molar-refractivity contribution >= 4 is 15.9 Å². The summed E-state index contributed by atoms with van der Waals surface area (Å²) in [6.07, 6.45) is 1.11. The Morgan fingerprint density at radius 2 is 1.95 bits per heavy atom. The molecular weight excluding hydrogens is 314 g/mol. The van der Waals surface area contributed by atoms with E-state index in [-0.39, 0.29) is 6.04 Å². The van der Waals surface area contributed by atoms with Crippen LogP contribution in [0.4, 0.5) is 0 Å². The van der Waals surface area contributed by atoms with Gasteiger partial charge in [0.15, 0.2) is 0 Å². The number of hydrogen-bond acceptors (Lipinski definition) is 2. The first-order chi connectivity index (χ1) is 9.52. The highest BCUT2D eigenvalue weighted by atomic mass is 79.9. The summed E-state index contributed by atoms with van der Waals surface area (Å²) in [5, 5.41) is 3.62. The smallest absolute Gasteiger partial charge is 0.106 e. The minimum absolute atomic E-state index is 0.185. The van der Waals surface area contributed by atoms with Gasteiger partial charge in [0, 0.05) is 10.0 Å². The molecular formula is C17H22BrNO. The number of aryl methyl sites for hydroxylation is 3. The molecule has 0 fully saturated rings. The molecule has 20 heavy (non-hydrogen) atoms. The highest BCUT2D eigenvalue weighted by Gasteiger charge is 2.19. The molecule has 1 aromatic heterocycles. The van der Waals surface area contributed by atoms with Gasteiger partial charge in [0.05, 0.1) is 6.04 Å². The van der Waals surface area contributed by atoms with Gasteiger partial charge in [0.1, 0.15) is 11.5 Å². The molecule has 2 rings (SSSR count). The monoisotopic (exact) mass is 335 g/mol. The second kappa shape index (κ2) is 6.59. The Morgan fingerprint density at radius 3 is 2.50 bits per heavy atom. The van der Waals surface area contributed by atoms with Crippen molar-refractivity contribution in [3.05, 3.63) is 56.9 Å². The maximum atomic E-state index is 5.70. The van der Waals surface area contributed by atoms with Crippen LogP contribution in [0.25, 0.3) is 0 Å². The number of benzene rings is 1. The summed E-state index contributed by atoms with van der Waals surface area (Å²) in [6, 6.07) is 8.86. The molecule has 0 saturated carbocycles. The Morgan fingerprint density at radius 1 is 1.20 bits per heavy atom. The van der Waals surface area contributed by atoms with Crippen LogP contribution in [0.1, 0.15) is 47.6 Å². The van der Waals surface area contributed by atoms with Crippen LogP contribution in [0, 0.1) is 20.8 Å². The van der Waals surface area contributed by atoms with Crippen molar-refractivity contribution in [1.29, 1.82) is 0 Å². The summed E-state index contributed by atoms with van der Waals surface area (Å²) in [6.45, 7) is 9.31. The fourth-order valence-corrected chi connectivity index (χ4v) is 2.82. The summed E-state index contributed by atoms with van der Waals surface area (Å²) in [4.78, 5) is 0. The van der Waals surface area contributed by atoms with Crippen LogP contribution in [0.3, 0.4) is 0 Å². The fraction of sp³-hybridized carbons (Fsp3) is 0.412. The van der Waals surface area contributed by atoms with Gasteiger partial charge in [-0.3, -0.25) is 0 Å². The molecule has 0 saturated heterocycles. The molecule has 0 bridgehead atoms. The molecule has 1 unspecified atom stereocenters. The van der Waals surface area contributed by atoms with Crippen LogP contribution in [0.5, 0.6) is 0 Å². The first-order valence-corrected chi connectivity index (χ1v) is 7.88. The zero-order valence-corrected chi connectivity index (χ0v) is 14.2. The number of hydrogen-bond donors (Lipinski definition) is 1. The average molecular weight is 336 g/mol. The van der Waals surface area contributed by atoms with E-state index in [0.717, 1.165) is 29.0 Å². The van der Waals surface area contributed by atoms with E-state index in [4.69, 9.17) is 4.42 Å². The van der Waals surface area contributed by atoms with E-state index >= 15 is 0 Å². The average Bonchev–Trinajstić information content (AvgIpc) is 2.73. The fourth-order valence-electron chi connectivity index (χ4n) is 2.42. The van der Waals surface area contributed by atoms with E-state index in [1.807, 2.05) is 13.8 Å². The van der Waals surface area contributed by atoms with Crippen LogP contribution in [0.2, 0.25) is 0 Å². The van der Waals surface area contributed by atoms with Crippen molar-refractivity contribution in [3.63, 3.8) is 0 Å². The molecule has 3 heteroatoms. The van der Waals surface area contributed by atoms with Gasteiger partial charge in [0.25, 0.3) is 0 Å². The molecule has 0 aliphatic carbocycles. The Hall–Kier alpha value is -1.06. The molecule has 0 spiro atoms. The molecule has 1 atom stereocenters. The van der Waals surface area contributed by atoms with Crippen LogP contribution in [0.15, 0.2) is 33.2 Å². The maximum absolute atomic E-state index is 5.70. The van der Waals surface area contributed by atoms with Crippen LogP contribution in [-0.2, 0) is 0 Å². The predicted octanol–water partition coefficient (Wildman–Crippen LogP) is 5.06. The van der Waals surface area contributed by atoms with Gasteiger partial charge in [-0.1, -0.05) is 35.0 Å². The molecule has 0 aliphatic rings. The lowest BCUT2D eigenvalue weighted by atomic mass is 9.98. The van der Waals surface area contributed by atoms with Crippen molar-refractivity contribution in [2.75, 3.05) is 6.54 Å². The Labute approximate surface area is 129 Å². The number of rotatable bonds is 5. The topological polar surface area (TPSA) is 25.2 Å². The van der Waals surface area contributed by atoms with Gasteiger partial charge in [-0.2, -0.15) is 0 Å². The zero-order chi connectivity index (χ0) is 14.7.